The maximum atomic E-state index is 13.1. The highest BCUT2D eigenvalue weighted by molar-refractivity contribution is 7.89. The molecule has 2 aliphatic rings. The molecular formula is C21H27N3O5S2. The molecule has 2 fully saturated rings. The summed E-state index contributed by atoms with van der Waals surface area (Å²) in [6, 6.07) is 12.4. The van der Waals surface area contributed by atoms with Crippen LogP contribution in [0.1, 0.15) is 12.8 Å². The van der Waals surface area contributed by atoms with Gasteiger partial charge in [0.1, 0.15) is 0 Å². The van der Waals surface area contributed by atoms with E-state index in [4.69, 9.17) is 9.94 Å². The van der Waals surface area contributed by atoms with Crippen molar-refractivity contribution in [3.8, 4) is 10.4 Å². The number of piperazine rings is 1. The summed E-state index contributed by atoms with van der Waals surface area (Å²) in [6.45, 7) is 2.50. The van der Waals surface area contributed by atoms with Crippen molar-refractivity contribution in [1.29, 1.82) is 0 Å². The van der Waals surface area contributed by atoms with Crippen molar-refractivity contribution in [3.05, 3.63) is 41.8 Å². The van der Waals surface area contributed by atoms with E-state index in [0.29, 0.717) is 39.4 Å². The molecule has 1 aromatic carbocycles. The molecule has 31 heavy (non-hydrogen) atoms. The Kier molecular flexibility index (Phi) is 6.63. The molecule has 0 spiro atoms. The van der Waals surface area contributed by atoms with E-state index >= 15 is 0 Å². The Morgan fingerprint density at radius 2 is 1.77 bits per heavy atom. The van der Waals surface area contributed by atoms with Crippen molar-refractivity contribution in [2.24, 2.45) is 5.41 Å². The first-order valence-corrected chi connectivity index (χ1v) is 12.8. The molecule has 3 heterocycles. The third kappa shape index (κ3) is 4.78. The first-order valence-electron chi connectivity index (χ1n) is 10.3. The van der Waals surface area contributed by atoms with Crippen molar-refractivity contribution in [3.63, 3.8) is 0 Å². The number of hydrogen-bond donors (Lipinski definition) is 2. The van der Waals surface area contributed by atoms with Gasteiger partial charge in [-0.2, -0.15) is 4.31 Å². The van der Waals surface area contributed by atoms with Crippen molar-refractivity contribution < 1.29 is 23.2 Å². The highest BCUT2D eigenvalue weighted by Crippen LogP contribution is 2.34. The maximum absolute atomic E-state index is 13.1. The van der Waals surface area contributed by atoms with Crippen LogP contribution in [0.2, 0.25) is 0 Å². The molecule has 2 aromatic rings. The number of ether oxygens (including phenoxy) is 1. The van der Waals surface area contributed by atoms with E-state index in [1.807, 2.05) is 6.07 Å². The van der Waals surface area contributed by atoms with Gasteiger partial charge in [0, 0.05) is 50.0 Å². The second-order valence-corrected chi connectivity index (χ2v) is 10.9. The molecule has 0 saturated carbocycles. The van der Waals surface area contributed by atoms with Crippen LogP contribution in [0.15, 0.2) is 41.8 Å². The standard InChI is InChI=1S/C21H27N3O5S2/c25-20(22-26)21(7-13-29-14-8-21)16-31(27,28)24-11-9-23(10-12-24)18-5-3-17(4-6-18)19-2-1-15-30-19/h1-6,15,26H,7-14,16H2,(H,22,25). The van der Waals surface area contributed by atoms with Gasteiger partial charge in [-0.3, -0.25) is 10.0 Å². The number of rotatable bonds is 6. The number of carbonyl (C=O) groups excluding carboxylic acids is 1. The summed E-state index contributed by atoms with van der Waals surface area (Å²) in [4.78, 5) is 15.7. The first-order chi connectivity index (χ1) is 14.9. The fourth-order valence-electron chi connectivity index (χ4n) is 4.26. The van der Waals surface area contributed by atoms with Crippen molar-refractivity contribution >= 4 is 33.0 Å². The molecule has 1 amide bonds. The highest BCUT2D eigenvalue weighted by Gasteiger charge is 2.45. The number of nitrogens with one attached hydrogen (secondary N) is 1. The van der Waals surface area contributed by atoms with Crippen molar-refractivity contribution in [2.75, 3.05) is 50.0 Å². The lowest BCUT2D eigenvalue weighted by atomic mass is 9.81. The molecule has 2 saturated heterocycles. The van der Waals surface area contributed by atoms with Crippen LogP contribution in [0, 0.1) is 5.41 Å². The minimum atomic E-state index is -3.66. The number of benzene rings is 1. The van der Waals surface area contributed by atoms with E-state index in [1.165, 1.54) is 14.7 Å². The lowest BCUT2D eigenvalue weighted by Crippen LogP contribution is -2.54. The Bertz CT molecular complexity index is 979. The average Bonchev–Trinajstić information content (AvgIpc) is 3.34. The van der Waals surface area contributed by atoms with Crippen LogP contribution in [0.3, 0.4) is 0 Å². The minimum absolute atomic E-state index is 0.273. The Balaban J connectivity index is 1.40. The van der Waals surface area contributed by atoms with Crippen LogP contribution in [-0.4, -0.2) is 69.0 Å². The summed E-state index contributed by atoms with van der Waals surface area (Å²) >= 11 is 1.70. The molecule has 0 atom stereocenters. The number of carbonyl (C=O) groups is 1. The predicted octanol–water partition coefficient (Wildman–Crippen LogP) is 2.17. The van der Waals surface area contributed by atoms with Crippen LogP contribution in [0.25, 0.3) is 10.4 Å². The third-order valence-corrected chi connectivity index (χ3v) is 9.15. The van der Waals surface area contributed by atoms with Gasteiger partial charge in [0.15, 0.2) is 0 Å². The van der Waals surface area contributed by atoms with E-state index in [9.17, 15) is 13.2 Å². The number of amides is 1. The minimum Gasteiger partial charge on any atom is -0.381 e. The molecular weight excluding hydrogens is 438 g/mol. The summed E-state index contributed by atoms with van der Waals surface area (Å²) in [6.07, 6.45) is 0.546. The molecule has 2 N–H and O–H groups in total. The highest BCUT2D eigenvalue weighted by atomic mass is 32.2. The maximum Gasteiger partial charge on any atom is 0.250 e. The van der Waals surface area contributed by atoms with Crippen LogP contribution in [0.4, 0.5) is 5.69 Å². The van der Waals surface area contributed by atoms with Gasteiger partial charge in [-0.1, -0.05) is 18.2 Å². The van der Waals surface area contributed by atoms with Gasteiger partial charge in [0.25, 0.3) is 5.91 Å². The van der Waals surface area contributed by atoms with Crippen LogP contribution in [0.5, 0.6) is 0 Å². The molecule has 1 aromatic heterocycles. The number of hydrogen-bond acceptors (Lipinski definition) is 7. The topological polar surface area (TPSA) is 99.2 Å². The second kappa shape index (κ2) is 9.25. The second-order valence-electron chi connectivity index (χ2n) is 8.00. The lowest BCUT2D eigenvalue weighted by Gasteiger charge is -2.39. The van der Waals surface area contributed by atoms with Crippen molar-refractivity contribution in [2.45, 2.75) is 12.8 Å². The monoisotopic (exact) mass is 465 g/mol. The Hall–Kier alpha value is -1.98. The smallest absolute Gasteiger partial charge is 0.250 e. The number of hydroxylamine groups is 1. The summed E-state index contributed by atoms with van der Waals surface area (Å²) in [5.74, 6) is -0.963. The summed E-state index contributed by atoms with van der Waals surface area (Å²) < 4.78 is 33.0. The molecule has 0 unspecified atom stereocenters. The Morgan fingerprint density at radius 3 is 2.35 bits per heavy atom. The molecule has 4 rings (SSSR count). The average molecular weight is 466 g/mol. The fraction of sp³-hybridized carbons (Fsp3) is 0.476. The Labute approximate surface area is 186 Å². The molecule has 10 heteroatoms. The summed E-state index contributed by atoms with van der Waals surface area (Å²) in [5, 5.41) is 11.2. The fourth-order valence-corrected chi connectivity index (χ4v) is 7.02. The number of nitrogens with zero attached hydrogens (tertiary/aromatic N) is 2. The first kappa shape index (κ1) is 22.2. The van der Waals surface area contributed by atoms with Gasteiger partial charge >= 0.3 is 0 Å². The summed E-state index contributed by atoms with van der Waals surface area (Å²) in [5.41, 5.74) is 2.74. The van der Waals surface area contributed by atoms with Gasteiger partial charge in [-0.05, 0) is 42.0 Å². The lowest BCUT2D eigenvalue weighted by molar-refractivity contribution is -0.143. The zero-order chi connectivity index (χ0) is 21.9. The van der Waals surface area contributed by atoms with E-state index in [-0.39, 0.29) is 18.6 Å². The van der Waals surface area contributed by atoms with Gasteiger partial charge in [0.2, 0.25) is 10.0 Å². The molecule has 2 aliphatic heterocycles. The van der Waals surface area contributed by atoms with Gasteiger partial charge in [0.05, 0.1) is 11.2 Å². The number of sulfonamides is 1. The quantitative estimate of drug-likeness (QED) is 0.501. The third-order valence-electron chi connectivity index (χ3n) is 6.16. The zero-order valence-electron chi connectivity index (χ0n) is 17.2. The van der Waals surface area contributed by atoms with Crippen LogP contribution >= 0.6 is 11.3 Å². The Morgan fingerprint density at radius 1 is 1.10 bits per heavy atom. The molecule has 8 nitrogen and oxygen atoms in total. The van der Waals surface area contributed by atoms with E-state index in [1.54, 1.807) is 16.8 Å². The predicted molar refractivity (Wildman–Crippen MR) is 120 cm³/mol. The number of thiophene rings is 1. The SMILES string of the molecule is O=C(NO)C1(CS(=O)(=O)N2CCN(c3ccc(-c4cccs4)cc3)CC2)CCOCC1. The normalized spacial score (nSPS) is 19.8. The van der Waals surface area contributed by atoms with Crippen LogP contribution in [-0.2, 0) is 19.6 Å². The van der Waals surface area contributed by atoms with Crippen LogP contribution < -0.4 is 10.4 Å². The molecule has 168 valence electrons. The summed E-state index contributed by atoms with van der Waals surface area (Å²) in [7, 11) is -3.66. The number of anilines is 1. The largest absolute Gasteiger partial charge is 0.381 e. The van der Waals surface area contributed by atoms with Gasteiger partial charge < -0.3 is 9.64 Å². The van der Waals surface area contributed by atoms with Crippen molar-refractivity contribution in [1.82, 2.24) is 9.79 Å². The molecule has 0 radical (unpaired) electrons. The van der Waals surface area contributed by atoms with E-state index in [2.05, 4.69) is 40.6 Å². The van der Waals surface area contributed by atoms with E-state index < -0.39 is 21.3 Å². The molecule has 0 aliphatic carbocycles. The zero-order valence-corrected chi connectivity index (χ0v) is 18.8. The van der Waals surface area contributed by atoms with Gasteiger partial charge in [-0.15, -0.1) is 11.3 Å². The van der Waals surface area contributed by atoms with Gasteiger partial charge in [-0.25, -0.2) is 13.9 Å². The van der Waals surface area contributed by atoms with E-state index in [0.717, 1.165) is 5.69 Å². The molecule has 0 bridgehead atoms.